The Balaban J connectivity index is 1.78. The van der Waals surface area contributed by atoms with Crippen molar-refractivity contribution in [3.8, 4) is 23.0 Å². The van der Waals surface area contributed by atoms with Crippen LogP contribution in [-0.4, -0.2) is 63.5 Å². The molecule has 202 valence electrons. The van der Waals surface area contributed by atoms with E-state index < -0.39 is 23.6 Å². The fraction of sp³-hybridized carbons (Fsp3) is 0.250. The Morgan fingerprint density at radius 2 is 1.11 bits per heavy atom. The van der Waals surface area contributed by atoms with Crippen LogP contribution >= 0.6 is 0 Å². The molecule has 0 aliphatic carbocycles. The molecule has 6 N–H and O–H groups in total. The highest BCUT2D eigenvalue weighted by Crippen LogP contribution is 2.28. The van der Waals surface area contributed by atoms with Gasteiger partial charge in [0.1, 0.15) is 0 Å². The number of benzene rings is 2. The van der Waals surface area contributed by atoms with Crippen LogP contribution < -0.4 is 41.3 Å². The highest BCUT2D eigenvalue weighted by Gasteiger charge is 2.09. The molecule has 0 aliphatic rings. The second-order valence-corrected chi connectivity index (χ2v) is 7.42. The molecule has 0 radical (unpaired) electrons. The zero-order valence-corrected chi connectivity index (χ0v) is 20.8. The minimum atomic E-state index is -0.624. The molecule has 0 fully saturated rings. The monoisotopic (exact) mass is 528 g/mol. The van der Waals surface area contributed by atoms with E-state index >= 15 is 0 Å². The number of nitrogens with two attached hydrogens (primary N) is 2. The van der Waals surface area contributed by atoms with Crippen molar-refractivity contribution in [3.63, 3.8) is 0 Å². The Hall–Kier alpha value is -5.14. The van der Waals surface area contributed by atoms with Gasteiger partial charge in [0.05, 0.1) is 26.6 Å². The zero-order valence-electron chi connectivity index (χ0n) is 20.8. The third kappa shape index (κ3) is 10.2. The second kappa shape index (κ2) is 15.1. The number of carbonyl (C=O) groups excluding carboxylic acids is 4. The van der Waals surface area contributed by atoms with E-state index in [1.54, 1.807) is 36.4 Å². The summed E-state index contributed by atoms with van der Waals surface area (Å²) in [6, 6.07) is 9.59. The molecule has 0 saturated carbocycles. The lowest BCUT2D eigenvalue weighted by Gasteiger charge is -2.09. The van der Waals surface area contributed by atoms with Gasteiger partial charge in [-0.05, 0) is 47.5 Å². The van der Waals surface area contributed by atoms with Crippen LogP contribution in [0.5, 0.6) is 23.0 Å². The third-order valence-corrected chi connectivity index (χ3v) is 4.50. The number of nitrogens with one attached hydrogen (secondary N) is 2. The van der Waals surface area contributed by atoms with Crippen molar-refractivity contribution >= 4 is 36.1 Å². The minimum absolute atomic E-state index is 0.123. The molecule has 2 aromatic rings. The van der Waals surface area contributed by atoms with Crippen LogP contribution in [0, 0.1) is 0 Å². The molecule has 0 atom stereocenters. The number of ether oxygens (including phenoxy) is 4. The second-order valence-electron chi connectivity index (χ2n) is 7.42. The summed E-state index contributed by atoms with van der Waals surface area (Å²) in [6.45, 7) is -0.592. The highest BCUT2D eigenvalue weighted by molar-refractivity contribution is 5.87. The molecule has 4 amide bonds. The van der Waals surface area contributed by atoms with Gasteiger partial charge in [-0.2, -0.15) is 10.2 Å². The number of hydrazone groups is 2. The van der Waals surface area contributed by atoms with Gasteiger partial charge >= 0.3 is 0 Å². The first-order chi connectivity index (χ1) is 18.2. The van der Waals surface area contributed by atoms with Crippen LogP contribution in [0.4, 0.5) is 0 Å². The lowest BCUT2D eigenvalue weighted by Crippen LogP contribution is -2.22. The molecular weight excluding hydrogens is 500 g/mol. The summed E-state index contributed by atoms with van der Waals surface area (Å²) in [4.78, 5) is 45.7. The molecule has 0 spiro atoms. The van der Waals surface area contributed by atoms with E-state index in [1.807, 2.05) is 0 Å². The van der Waals surface area contributed by atoms with E-state index in [0.717, 1.165) is 0 Å². The maximum absolute atomic E-state index is 12.0. The van der Waals surface area contributed by atoms with Crippen LogP contribution in [0.15, 0.2) is 46.6 Å². The van der Waals surface area contributed by atoms with E-state index in [4.69, 9.17) is 30.4 Å². The predicted octanol–water partition coefficient (Wildman–Crippen LogP) is -0.187. The van der Waals surface area contributed by atoms with E-state index in [2.05, 4.69) is 21.1 Å². The van der Waals surface area contributed by atoms with Crippen LogP contribution in [0.2, 0.25) is 0 Å². The average Bonchev–Trinajstić information content (AvgIpc) is 2.89. The number of hydrogen-bond acceptors (Lipinski definition) is 10. The van der Waals surface area contributed by atoms with Crippen LogP contribution in [0.3, 0.4) is 0 Å². The molecule has 14 heteroatoms. The van der Waals surface area contributed by atoms with E-state index in [-0.39, 0.29) is 26.1 Å². The third-order valence-electron chi connectivity index (χ3n) is 4.50. The average molecular weight is 529 g/mol. The molecule has 38 heavy (non-hydrogen) atoms. The van der Waals surface area contributed by atoms with Crippen LogP contribution in [-0.2, 0) is 19.2 Å². The number of rotatable bonds is 15. The molecule has 2 aromatic carbocycles. The SMILES string of the molecule is COc1cc(/C=N\NC(=O)CCC(=O)N/N=C\c2ccc(OCC(N)=O)c(OC)c2)ccc1OCC(N)=O. The molecular formula is C24H28N6O8. The zero-order chi connectivity index (χ0) is 27.9. The molecule has 0 heterocycles. The Kier molecular flexibility index (Phi) is 11.5. The Morgan fingerprint density at radius 3 is 1.45 bits per heavy atom. The quantitative estimate of drug-likeness (QED) is 0.180. The first kappa shape index (κ1) is 29.1. The van der Waals surface area contributed by atoms with Gasteiger partial charge in [-0.3, -0.25) is 19.2 Å². The largest absolute Gasteiger partial charge is 0.493 e. The molecule has 0 aliphatic heterocycles. The Bertz CT molecular complexity index is 1120. The summed E-state index contributed by atoms with van der Waals surface area (Å²) in [5, 5.41) is 7.69. The van der Waals surface area contributed by atoms with Crippen molar-refractivity contribution in [1.82, 2.24) is 10.9 Å². The van der Waals surface area contributed by atoms with Crippen LogP contribution in [0.1, 0.15) is 24.0 Å². The lowest BCUT2D eigenvalue weighted by molar-refractivity contribution is -0.126. The van der Waals surface area contributed by atoms with Gasteiger partial charge in [0.25, 0.3) is 11.8 Å². The number of carbonyl (C=O) groups is 4. The van der Waals surface area contributed by atoms with Gasteiger partial charge in [-0.25, -0.2) is 10.9 Å². The Morgan fingerprint density at radius 1 is 0.711 bits per heavy atom. The molecule has 2 rings (SSSR count). The first-order valence-corrected chi connectivity index (χ1v) is 11.0. The summed E-state index contributed by atoms with van der Waals surface area (Å²) >= 11 is 0. The van der Waals surface area contributed by atoms with Gasteiger partial charge < -0.3 is 30.4 Å². The van der Waals surface area contributed by atoms with Crippen molar-refractivity contribution in [2.45, 2.75) is 12.8 Å². The number of hydrogen-bond donors (Lipinski definition) is 4. The fourth-order valence-electron chi connectivity index (χ4n) is 2.76. The molecule has 0 saturated heterocycles. The highest BCUT2D eigenvalue weighted by atomic mass is 16.5. The maximum Gasteiger partial charge on any atom is 0.255 e. The maximum atomic E-state index is 12.0. The summed E-state index contributed by atoms with van der Waals surface area (Å²) < 4.78 is 20.9. The van der Waals surface area contributed by atoms with E-state index in [0.29, 0.717) is 34.1 Å². The smallest absolute Gasteiger partial charge is 0.255 e. The van der Waals surface area contributed by atoms with Gasteiger partial charge in [0, 0.05) is 12.8 Å². The van der Waals surface area contributed by atoms with E-state index in [1.165, 1.54) is 26.6 Å². The number of nitrogens with zero attached hydrogens (tertiary/aromatic N) is 2. The summed E-state index contributed by atoms with van der Waals surface area (Å²) in [5.41, 5.74) is 15.9. The Labute approximate surface area is 217 Å². The lowest BCUT2D eigenvalue weighted by atomic mass is 10.2. The standard InChI is InChI=1S/C24H28N6O8/c1-35-19-9-15(3-5-17(19)37-13-21(25)31)11-27-29-23(33)7-8-24(34)30-28-12-16-4-6-18(20(10-16)36-2)38-14-22(26)32/h3-6,9-12H,7-8,13-14H2,1-2H3,(H2,25,31)(H2,26,32)(H,29,33)(H,30,34)/b27-11-,28-12-. The van der Waals surface area contributed by atoms with E-state index in [9.17, 15) is 19.2 Å². The van der Waals surface area contributed by atoms with Gasteiger partial charge in [-0.15, -0.1) is 0 Å². The predicted molar refractivity (Wildman–Crippen MR) is 136 cm³/mol. The summed E-state index contributed by atoms with van der Waals surface area (Å²) in [6.07, 6.45) is 2.51. The van der Waals surface area contributed by atoms with Crippen molar-refractivity contribution in [2.24, 2.45) is 21.7 Å². The number of amides is 4. The van der Waals surface area contributed by atoms with Gasteiger partial charge in [0.15, 0.2) is 36.2 Å². The molecule has 0 aromatic heterocycles. The van der Waals surface area contributed by atoms with Crippen LogP contribution in [0.25, 0.3) is 0 Å². The first-order valence-electron chi connectivity index (χ1n) is 11.0. The van der Waals surface area contributed by atoms with Crippen molar-refractivity contribution in [2.75, 3.05) is 27.4 Å². The summed E-state index contributed by atoms with van der Waals surface area (Å²) in [5.74, 6) is -0.856. The number of methoxy groups -OCH3 is 2. The molecule has 0 unspecified atom stereocenters. The summed E-state index contributed by atoms with van der Waals surface area (Å²) in [7, 11) is 2.86. The van der Waals surface area contributed by atoms with Crippen molar-refractivity contribution in [1.29, 1.82) is 0 Å². The van der Waals surface area contributed by atoms with Gasteiger partial charge in [-0.1, -0.05) is 0 Å². The van der Waals surface area contributed by atoms with Gasteiger partial charge in [0.2, 0.25) is 11.8 Å². The topological polar surface area (TPSA) is 206 Å². The number of primary amides is 2. The molecule has 0 bridgehead atoms. The van der Waals surface area contributed by atoms with Crippen molar-refractivity contribution < 1.29 is 38.1 Å². The minimum Gasteiger partial charge on any atom is -0.493 e. The fourth-order valence-corrected chi connectivity index (χ4v) is 2.76. The molecule has 14 nitrogen and oxygen atoms in total. The van der Waals surface area contributed by atoms with Crippen molar-refractivity contribution in [3.05, 3.63) is 47.5 Å². The normalized spacial score (nSPS) is 10.7.